The molecule has 2 heterocycles. The second-order valence-corrected chi connectivity index (χ2v) is 5.71. The van der Waals surface area contributed by atoms with E-state index in [1.165, 1.54) is 0 Å². The van der Waals surface area contributed by atoms with Gasteiger partial charge in [0.2, 0.25) is 0 Å². The van der Waals surface area contributed by atoms with Crippen molar-refractivity contribution in [2.45, 2.75) is 17.0 Å². The van der Waals surface area contributed by atoms with E-state index in [9.17, 15) is 0 Å². The summed E-state index contributed by atoms with van der Waals surface area (Å²) in [6.07, 6.45) is 0. The molecule has 0 fully saturated rings. The minimum Gasteiger partial charge on any atom is -0.359 e. The van der Waals surface area contributed by atoms with E-state index in [-0.39, 0.29) is 0 Å². The maximum atomic E-state index is 5.03. The Labute approximate surface area is 97.2 Å². The van der Waals surface area contributed by atoms with Crippen LogP contribution in [0.25, 0.3) is 0 Å². The van der Waals surface area contributed by atoms with Gasteiger partial charge in [0.25, 0.3) is 0 Å². The number of hydrogen-bond acceptors (Lipinski definition) is 6. The summed E-state index contributed by atoms with van der Waals surface area (Å²) in [5, 5.41) is 12.6. The summed E-state index contributed by atoms with van der Waals surface area (Å²) in [7, 11) is 0. The van der Waals surface area contributed by atoms with Crippen molar-refractivity contribution >= 4 is 39.0 Å². The van der Waals surface area contributed by atoms with Crippen LogP contribution in [0.4, 0.5) is 0 Å². The van der Waals surface area contributed by atoms with E-state index in [1.54, 1.807) is 23.1 Å². The molecule has 2 aromatic heterocycles. The first-order valence-corrected chi connectivity index (χ1v) is 6.37. The molecule has 0 aromatic carbocycles. The molecule has 0 amide bonds. The Hall–Kier alpha value is -0.400. The van der Waals surface area contributed by atoms with Crippen LogP contribution in [0.1, 0.15) is 10.8 Å². The van der Waals surface area contributed by atoms with Crippen molar-refractivity contribution in [1.82, 2.24) is 15.4 Å². The average molecular weight is 292 g/mol. The van der Waals surface area contributed by atoms with Gasteiger partial charge >= 0.3 is 0 Å². The van der Waals surface area contributed by atoms with Crippen molar-refractivity contribution in [1.29, 1.82) is 0 Å². The van der Waals surface area contributed by atoms with E-state index in [4.69, 9.17) is 4.52 Å². The molecule has 0 N–H and O–H groups in total. The fourth-order valence-corrected chi connectivity index (χ4v) is 2.84. The van der Waals surface area contributed by atoms with E-state index in [0.717, 1.165) is 25.5 Å². The van der Waals surface area contributed by atoms with Gasteiger partial charge in [-0.1, -0.05) is 28.3 Å². The van der Waals surface area contributed by atoms with Crippen molar-refractivity contribution in [3.8, 4) is 0 Å². The van der Waals surface area contributed by atoms with E-state index in [0.29, 0.717) is 0 Å². The van der Waals surface area contributed by atoms with Crippen molar-refractivity contribution in [3.05, 3.63) is 21.4 Å². The molecule has 2 aromatic rings. The summed E-state index contributed by atoms with van der Waals surface area (Å²) >= 11 is 6.40. The predicted octanol–water partition coefficient (Wildman–Crippen LogP) is 2.89. The van der Waals surface area contributed by atoms with Crippen LogP contribution in [0.3, 0.4) is 0 Å². The molecule has 14 heavy (non-hydrogen) atoms. The first-order valence-electron chi connectivity index (χ1n) is 3.78. The second-order valence-electron chi connectivity index (χ2n) is 2.49. The lowest BCUT2D eigenvalue weighted by atomic mass is 10.5. The zero-order valence-electron chi connectivity index (χ0n) is 7.23. The third-order valence-corrected chi connectivity index (χ3v) is 3.74. The van der Waals surface area contributed by atoms with E-state index < -0.39 is 0 Å². The molecule has 74 valence electrons. The molecule has 0 aliphatic carbocycles. The SMILES string of the molecule is Cc1nnc(SCc2cc(Br)no2)s1. The van der Waals surface area contributed by atoms with Gasteiger partial charge in [-0.2, -0.15) is 0 Å². The molecule has 0 saturated heterocycles. The lowest BCUT2D eigenvalue weighted by Gasteiger charge is -1.89. The first-order chi connectivity index (χ1) is 6.74. The predicted molar refractivity (Wildman–Crippen MR) is 58.4 cm³/mol. The minimum atomic E-state index is 0.724. The van der Waals surface area contributed by atoms with Crippen LogP contribution >= 0.6 is 39.0 Å². The smallest absolute Gasteiger partial charge is 0.174 e. The van der Waals surface area contributed by atoms with Gasteiger partial charge in [-0.25, -0.2) is 0 Å². The van der Waals surface area contributed by atoms with Crippen LogP contribution in [0.15, 0.2) is 19.5 Å². The summed E-state index contributed by atoms with van der Waals surface area (Å²) in [6.45, 7) is 1.94. The zero-order valence-corrected chi connectivity index (χ0v) is 10.4. The fourth-order valence-electron chi connectivity index (χ4n) is 0.825. The number of hydrogen-bond donors (Lipinski definition) is 0. The van der Waals surface area contributed by atoms with Gasteiger partial charge in [0, 0.05) is 6.07 Å². The van der Waals surface area contributed by atoms with E-state index in [1.807, 2.05) is 13.0 Å². The first kappa shape index (κ1) is 10.1. The Bertz CT molecular complexity index is 388. The van der Waals surface area contributed by atoms with Gasteiger partial charge in [-0.15, -0.1) is 10.2 Å². The fraction of sp³-hybridized carbons (Fsp3) is 0.286. The summed E-state index contributed by atoms with van der Waals surface area (Å²) in [5.41, 5.74) is 0. The Morgan fingerprint density at radius 2 is 2.43 bits per heavy atom. The molecule has 7 heteroatoms. The molecule has 0 atom stereocenters. The number of nitrogens with zero attached hydrogens (tertiary/aromatic N) is 3. The molecule has 0 spiro atoms. The van der Waals surface area contributed by atoms with Crippen LogP contribution in [-0.4, -0.2) is 15.4 Å². The zero-order chi connectivity index (χ0) is 9.97. The van der Waals surface area contributed by atoms with Crippen molar-refractivity contribution in [3.63, 3.8) is 0 Å². The third-order valence-electron chi connectivity index (χ3n) is 1.38. The molecule has 0 saturated carbocycles. The van der Waals surface area contributed by atoms with Gasteiger partial charge in [0.15, 0.2) is 4.34 Å². The van der Waals surface area contributed by atoms with Gasteiger partial charge < -0.3 is 4.52 Å². The number of aryl methyl sites for hydroxylation is 1. The maximum absolute atomic E-state index is 5.03. The lowest BCUT2D eigenvalue weighted by Crippen LogP contribution is -1.75. The monoisotopic (exact) mass is 291 g/mol. The molecule has 0 aliphatic heterocycles. The summed E-state index contributed by atoms with van der Waals surface area (Å²) in [5.74, 6) is 1.56. The topological polar surface area (TPSA) is 51.8 Å². The van der Waals surface area contributed by atoms with Crippen LogP contribution in [0, 0.1) is 6.92 Å². The van der Waals surface area contributed by atoms with Gasteiger partial charge in [-0.3, -0.25) is 0 Å². The Kier molecular flexibility index (Phi) is 3.19. The largest absolute Gasteiger partial charge is 0.359 e. The van der Waals surface area contributed by atoms with Gasteiger partial charge in [0.05, 0.1) is 5.75 Å². The molecular weight excluding hydrogens is 286 g/mol. The van der Waals surface area contributed by atoms with Crippen LogP contribution in [0.5, 0.6) is 0 Å². The van der Waals surface area contributed by atoms with Gasteiger partial charge in [-0.05, 0) is 22.9 Å². The molecule has 0 bridgehead atoms. The number of rotatable bonds is 3. The van der Waals surface area contributed by atoms with Crippen LogP contribution in [0.2, 0.25) is 0 Å². The summed E-state index contributed by atoms with van der Waals surface area (Å²) in [6, 6.07) is 1.85. The quantitative estimate of drug-likeness (QED) is 0.814. The van der Waals surface area contributed by atoms with Crippen molar-refractivity contribution < 1.29 is 4.52 Å². The maximum Gasteiger partial charge on any atom is 0.174 e. The average Bonchev–Trinajstić information content (AvgIpc) is 2.72. The van der Waals surface area contributed by atoms with Crippen LogP contribution in [-0.2, 0) is 5.75 Å². The molecular formula is C7H6BrN3OS2. The number of halogens is 1. The highest BCUT2D eigenvalue weighted by Crippen LogP contribution is 2.26. The molecule has 0 aliphatic rings. The Balaban J connectivity index is 1.94. The number of thioether (sulfide) groups is 1. The molecule has 2 rings (SSSR count). The highest BCUT2D eigenvalue weighted by Gasteiger charge is 2.05. The summed E-state index contributed by atoms with van der Waals surface area (Å²) < 4.78 is 6.71. The minimum absolute atomic E-state index is 0.724. The second kappa shape index (κ2) is 4.41. The van der Waals surface area contributed by atoms with Crippen molar-refractivity contribution in [2.24, 2.45) is 0 Å². The Morgan fingerprint density at radius 3 is 3.00 bits per heavy atom. The number of aromatic nitrogens is 3. The van der Waals surface area contributed by atoms with E-state index in [2.05, 4.69) is 31.3 Å². The third kappa shape index (κ3) is 2.55. The molecule has 0 unspecified atom stereocenters. The Morgan fingerprint density at radius 1 is 1.57 bits per heavy atom. The van der Waals surface area contributed by atoms with Crippen LogP contribution < -0.4 is 0 Å². The molecule has 0 radical (unpaired) electrons. The highest BCUT2D eigenvalue weighted by molar-refractivity contribution is 9.10. The lowest BCUT2D eigenvalue weighted by molar-refractivity contribution is 0.391. The normalized spacial score (nSPS) is 10.7. The molecule has 4 nitrogen and oxygen atoms in total. The van der Waals surface area contributed by atoms with Crippen molar-refractivity contribution in [2.75, 3.05) is 0 Å². The van der Waals surface area contributed by atoms with Gasteiger partial charge in [0.1, 0.15) is 15.4 Å². The standard InChI is InChI=1S/C7H6BrN3OS2/c1-4-9-10-7(14-4)13-3-5-2-6(8)11-12-5/h2H,3H2,1H3. The van der Waals surface area contributed by atoms with E-state index >= 15 is 0 Å². The summed E-state index contributed by atoms with van der Waals surface area (Å²) in [4.78, 5) is 0. The highest BCUT2D eigenvalue weighted by atomic mass is 79.9.